The summed E-state index contributed by atoms with van der Waals surface area (Å²) in [5, 5.41) is 2.16. The Morgan fingerprint density at radius 3 is 2.67 bits per heavy atom. The number of nitrogens with zero attached hydrogens (tertiary/aromatic N) is 1. The minimum absolute atomic E-state index is 0.219. The van der Waals surface area contributed by atoms with Crippen LogP contribution in [0.1, 0.15) is 32.9 Å². The summed E-state index contributed by atoms with van der Waals surface area (Å²) in [4.78, 5) is 4.51. The van der Waals surface area contributed by atoms with Gasteiger partial charge in [-0.15, -0.1) is 0 Å². The van der Waals surface area contributed by atoms with Gasteiger partial charge in [0.2, 0.25) is 5.88 Å². The molecular weight excluding hydrogens is 224 g/mol. The summed E-state index contributed by atoms with van der Waals surface area (Å²) in [7, 11) is 0. The molecule has 3 nitrogen and oxygen atoms in total. The number of aromatic nitrogens is 1. The van der Waals surface area contributed by atoms with Crippen LogP contribution in [-0.2, 0) is 6.54 Å². The average molecular weight is 244 g/mol. The third-order valence-corrected chi connectivity index (χ3v) is 3.19. The Hall–Kier alpha value is -1.61. The Bertz CT molecular complexity index is 549. The summed E-state index contributed by atoms with van der Waals surface area (Å²) >= 11 is 0. The van der Waals surface area contributed by atoms with Crippen LogP contribution in [0.15, 0.2) is 30.3 Å². The lowest BCUT2D eigenvalue weighted by atomic mass is 10.1. The van der Waals surface area contributed by atoms with Gasteiger partial charge < -0.3 is 10.5 Å². The molecule has 0 radical (unpaired) electrons. The van der Waals surface area contributed by atoms with E-state index < -0.39 is 0 Å². The molecule has 0 aliphatic carbocycles. The van der Waals surface area contributed by atoms with Gasteiger partial charge in [0, 0.05) is 11.9 Å². The minimum Gasteiger partial charge on any atom is -0.471 e. The number of benzene rings is 1. The standard InChI is InChI=1S/C15H20N2O/c1-4-15(2,3)18-14-13-8-6-5-7-11(13)9-12(10-16)17-14/h5-9H,4,10,16H2,1-3H3. The van der Waals surface area contributed by atoms with Gasteiger partial charge in [0.15, 0.2) is 0 Å². The molecule has 2 rings (SSSR count). The fourth-order valence-electron chi connectivity index (χ4n) is 1.74. The molecule has 1 aromatic heterocycles. The fraction of sp³-hybridized carbons (Fsp3) is 0.400. The minimum atomic E-state index is -0.219. The third kappa shape index (κ3) is 2.62. The van der Waals surface area contributed by atoms with E-state index in [4.69, 9.17) is 10.5 Å². The molecule has 2 N–H and O–H groups in total. The molecule has 96 valence electrons. The lowest BCUT2D eigenvalue weighted by Crippen LogP contribution is -2.27. The lowest BCUT2D eigenvalue weighted by Gasteiger charge is -2.25. The van der Waals surface area contributed by atoms with Crippen LogP contribution in [0.2, 0.25) is 0 Å². The highest BCUT2D eigenvalue weighted by atomic mass is 16.5. The van der Waals surface area contributed by atoms with Gasteiger partial charge >= 0.3 is 0 Å². The second kappa shape index (κ2) is 4.94. The van der Waals surface area contributed by atoms with Crippen molar-refractivity contribution in [2.24, 2.45) is 5.73 Å². The van der Waals surface area contributed by atoms with Crippen LogP contribution in [0, 0.1) is 0 Å². The highest BCUT2D eigenvalue weighted by Crippen LogP contribution is 2.28. The molecule has 1 aromatic carbocycles. The van der Waals surface area contributed by atoms with Crippen molar-refractivity contribution in [3.8, 4) is 5.88 Å². The van der Waals surface area contributed by atoms with Gasteiger partial charge in [0.1, 0.15) is 5.60 Å². The van der Waals surface area contributed by atoms with Gasteiger partial charge in [-0.1, -0.05) is 25.1 Å². The summed E-state index contributed by atoms with van der Waals surface area (Å²) in [6.07, 6.45) is 0.926. The predicted molar refractivity (Wildman–Crippen MR) is 74.6 cm³/mol. The molecule has 0 saturated heterocycles. The van der Waals surface area contributed by atoms with Crippen molar-refractivity contribution < 1.29 is 4.74 Å². The first-order valence-electron chi connectivity index (χ1n) is 6.33. The zero-order chi connectivity index (χ0) is 13.2. The van der Waals surface area contributed by atoms with Crippen molar-refractivity contribution in [3.63, 3.8) is 0 Å². The number of pyridine rings is 1. The van der Waals surface area contributed by atoms with Gasteiger partial charge in [-0.25, -0.2) is 4.98 Å². The molecule has 1 heterocycles. The highest BCUT2D eigenvalue weighted by molar-refractivity contribution is 5.87. The topological polar surface area (TPSA) is 48.1 Å². The molecular formula is C15H20N2O. The normalized spacial score (nSPS) is 11.8. The second-order valence-corrected chi connectivity index (χ2v) is 5.06. The highest BCUT2D eigenvalue weighted by Gasteiger charge is 2.19. The van der Waals surface area contributed by atoms with Crippen LogP contribution in [0.5, 0.6) is 5.88 Å². The first kappa shape index (κ1) is 12.8. The number of rotatable bonds is 4. The summed E-state index contributed by atoms with van der Waals surface area (Å²) in [6, 6.07) is 10.1. The Kier molecular flexibility index (Phi) is 3.53. The zero-order valence-corrected chi connectivity index (χ0v) is 11.2. The van der Waals surface area contributed by atoms with E-state index in [1.54, 1.807) is 0 Å². The third-order valence-electron chi connectivity index (χ3n) is 3.19. The van der Waals surface area contributed by atoms with Crippen LogP contribution in [0.25, 0.3) is 10.8 Å². The van der Waals surface area contributed by atoms with E-state index in [2.05, 4.69) is 31.8 Å². The van der Waals surface area contributed by atoms with E-state index in [1.807, 2.05) is 24.3 Å². The molecule has 0 bridgehead atoms. The number of hydrogen-bond acceptors (Lipinski definition) is 3. The summed E-state index contributed by atoms with van der Waals surface area (Å²) in [5.74, 6) is 0.681. The van der Waals surface area contributed by atoms with E-state index >= 15 is 0 Å². The zero-order valence-electron chi connectivity index (χ0n) is 11.2. The largest absolute Gasteiger partial charge is 0.471 e. The number of hydrogen-bond donors (Lipinski definition) is 1. The molecule has 0 unspecified atom stereocenters. The lowest BCUT2D eigenvalue weighted by molar-refractivity contribution is 0.101. The van der Waals surface area contributed by atoms with Gasteiger partial charge in [-0.05, 0) is 37.8 Å². The Labute approximate surface area is 108 Å². The molecule has 0 amide bonds. The van der Waals surface area contributed by atoms with Crippen LogP contribution in [0.3, 0.4) is 0 Å². The summed E-state index contributed by atoms with van der Waals surface area (Å²) in [5.41, 5.74) is 6.33. The van der Waals surface area contributed by atoms with Gasteiger partial charge in [0.05, 0.1) is 5.69 Å². The van der Waals surface area contributed by atoms with Gasteiger partial charge in [0.25, 0.3) is 0 Å². The first-order valence-corrected chi connectivity index (χ1v) is 6.33. The smallest absolute Gasteiger partial charge is 0.222 e. The van der Waals surface area contributed by atoms with Crippen LogP contribution in [0.4, 0.5) is 0 Å². The van der Waals surface area contributed by atoms with Crippen LogP contribution >= 0.6 is 0 Å². The molecule has 0 spiro atoms. The van der Waals surface area contributed by atoms with Gasteiger partial charge in [-0.3, -0.25) is 0 Å². The van der Waals surface area contributed by atoms with E-state index in [9.17, 15) is 0 Å². The summed E-state index contributed by atoms with van der Waals surface area (Å²) < 4.78 is 6.04. The molecule has 2 aromatic rings. The monoisotopic (exact) mass is 244 g/mol. The number of fused-ring (bicyclic) bond motifs is 1. The molecule has 0 saturated carbocycles. The molecule has 0 fully saturated rings. The predicted octanol–water partition coefficient (Wildman–Crippen LogP) is 3.26. The Morgan fingerprint density at radius 1 is 1.28 bits per heavy atom. The molecule has 0 aliphatic heterocycles. The van der Waals surface area contributed by atoms with Crippen molar-refractivity contribution in [1.29, 1.82) is 0 Å². The van der Waals surface area contributed by atoms with Gasteiger partial charge in [-0.2, -0.15) is 0 Å². The quantitative estimate of drug-likeness (QED) is 0.898. The van der Waals surface area contributed by atoms with E-state index in [-0.39, 0.29) is 5.60 Å². The maximum absolute atomic E-state index is 6.04. The van der Waals surface area contributed by atoms with Crippen LogP contribution < -0.4 is 10.5 Å². The van der Waals surface area contributed by atoms with Crippen molar-refractivity contribution in [3.05, 3.63) is 36.0 Å². The number of ether oxygens (including phenoxy) is 1. The average Bonchev–Trinajstić information content (AvgIpc) is 2.38. The van der Waals surface area contributed by atoms with E-state index in [1.165, 1.54) is 0 Å². The molecule has 0 atom stereocenters. The van der Waals surface area contributed by atoms with E-state index in [0.29, 0.717) is 12.4 Å². The Morgan fingerprint density at radius 2 is 2.00 bits per heavy atom. The van der Waals surface area contributed by atoms with E-state index in [0.717, 1.165) is 22.9 Å². The maximum Gasteiger partial charge on any atom is 0.222 e. The summed E-state index contributed by atoms with van der Waals surface area (Å²) in [6.45, 7) is 6.67. The van der Waals surface area contributed by atoms with Crippen molar-refractivity contribution in [2.45, 2.75) is 39.3 Å². The van der Waals surface area contributed by atoms with Crippen molar-refractivity contribution in [2.75, 3.05) is 0 Å². The molecule has 3 heteroatoms. The number of nitrogens with two attached hydrogens (primary N) is 1. The molecule has 18 heavy (non-hydrogen) atoms. The van der Waals surface area contributed by atoms with Crippen molar-refractivity contribution in [1.82, 2.24) is 4.98 Å². The SMILES string of the molecule is CCC(C)(C)Oc1nc(CN)cc2ccccc12. The van der Waals surface area contributed by atoms with Crippen molar-refractivity contribution >= 4 is 10.8 Å². The first-order chi connectivity index (χ1) is 8.55. The molecule has 0 aliphatic rings. The van der Waals surface area contributed by atoms with Crippen LogP contribution in [-0.4, -0.2) is 10.6 Å². The Balaban J connectivity index is 2.53. The fourth-order valence-corrected chi connectivity index (χ4v) is 1.74. The second-order valence-electron chi connectivity index (χ2n) is 5.06. The maximum atomic E-state index is 6.04.